The summed E-state index contributed by atoms with van der Waals surface area (Å²) in [5.74, 6) is -0.380. The van der Waals surface area contributed by atoms with Crippen LogP contribution in [0.4, 0.5) is 11.4 Å². The Morgan fingerprint density at radius 2 is 1.93 bits per heavy atom. The van der Waals surface area contributed by atoms with Gasteiger partial charge in [-0.05, 0) is 56.2 Å². The predicted octanol–water partition coefficient (Wildman–Crippen LogP) is 4.82. The van der Waals surface area contributed by atoms with Gasteiger partial charge in [0.05, 0.1) is 11.6 Å². The number of likely N-dealkylation sites (N-methyl/N-ethyl adjacent to an activating group) is 1. The Hall–Kier alpha value is -3.12. The molecule has 1 aliphatic heterocycles. The van der Waals surface area contributed by atoms with Crippen LogP contribution in [0, 0.1) is 6.92 Å². The number of nitrogens with zero attached hydrogens (tertiary/aromatic N) is 3. The summed E-state index contributed by atoms with van der Waals surface area (Å²) in [5.41, 5.74) is 3.03. The highest BCUT2D eigenvalue weighted by Gasteiger charge is 2.35. The van der Waals surface area contributed by atoms with Crippen molar-refractivity contribution in [3.05, 3.63) is 76.6 Å². The van der Waals surface area contributed by atoms with Crippen LogP contribution in [-0.2, 0) is 4.79 Å². The van der Waals surface area contributed by atoms with Crippen LogP contribution >= 0.6 is 11.6 Å². The summed E-state index contributed by atoms with van der Waals surface area (Å²) >= 11 is 6.00. The molecule has 0 bridgehead atoms. The van der Waals surface area contributed by atoms with Crippen molar-refractivity contribution in [2.45, 2.75) is 26.2 Å². The number of carbonyl (C=O) groups is 2. The van der Waals surface area contributed by atoms with Gasteiger partial charge in [-0.1, -0.05) is 35.0 Å². The molecule has 1 aliphatic rings. The van der Waals surface area contributed by atoms with E-state index in [1.165, 1.54) is 0 Å². The summed E-state index contributed by atoms with van der Waals surface area (Å²) in [7, 11) is 0. The minimum atomic E-state index is -0.336. The van der Waals surface area contributed by atoms with Crippen LogP contribution in [0.2, 0.25) is 5.02 Å². The molecule has 6 nitrogen and oxygen atoms in total. The Morgan fingerprint density at radius 3 is 2.60 bits per heavy atom. The molecule has 0 saturated heterocycles. The number of para-hydroxylation sites is 1. The quantitative estimate of drug-likeness (QED) is 0.603. The average Bonchev–Trinajstić information content (AvgIpc) is 3.20. The monoisotopic (exact) mass is 423 g/mol. The maximum absolute atomic E-state index is 13.5. The summed E-state index contributed by atoms with van der Waals surface area (Å²) in [6, 6.07) is 16.4. The number of benzene rings is 2. The molecule has 4 rings (SSSR count). The van der Waals surface area contributed by atoms with Crippen LogP contribution < -0.4 is 9.80 Å². The van der Waals surface area contributed by atoms with Crippen LogP contribution in [0.5, 0.6) is 0 Å². The normalized spacial score (nSPS) is 15.6. The van der Waals surface area contributed by atoms with E-state index in [0.29, 0.717) is 30.2 Å². The number of anilines is 2. The fraction of sp³-hybridized carbons (Fsp3) is 0.261. The maximum atomic E-state index is 13.5. The first kappa shape index (κ1) is 20.2. The van der Waals surface area contributed by atoms with Gasteiger partial charge < -0.3 is 14.3 Å². The van der Waals surface area contributed by atoms with E-state index >= 15 is 0 Å². The molecule has 30 heavy (non-hydrogen) atoms. The van der Waals surface area contributed by atoms with Crippen LogP contribution in [0.1, 0.15) is 41.1 Å². The van der Waals surface area contributed by atoms with Crippen molar-refractivity contribution < 1.29 is 14.1 Å². The molecule has 0 aliphatic carbocycles. The van der Waals surface area contributed by atoms with Crippen LogP contribution in [0.15, 0.2) is 59.1 Å². The lowest BCUT2D eigenvalue weighted by Gasteiger charge is -2.35. The number of aromatic nitrogens is 1. The first-order chi connectivity index (χ1) is 14.5. The zero-order chi connectivity index (χ0) is 21.3. The Kier molecular flexibility index (Phi) is 5.59. The number of rotatable bonds is 4. The van der Waals surface area contributed by atoms with Gasteiger partial charge >= 0.3 is 0 Å². The van der Waals surface area contributed by atoms with Crippen LogP contribution in [-0.4, -0.2) is 30.1 Å². The van der Waals surface area contributed by atoms with E-state index in [2.05, 4.69) is 5.16 Å². The molecule has 0 fully saturated rings. The van der Waals surface area contributed by atoms with E-state index in [1.54, 1.807) is 34.9 Å². The molecule has 0 unspecified atom stereocenters. The van der Waals surface area contributed by atoms with E-state index in [-0.39, 0.29) is 23.5 Å². The molecule has 1 atom stereocenters. The molecule has 2 heterocycles. The fourth-order valence-corrected chi connectivity index (χ4v) is 4.03. The zero-order valence-electron chi connectivity index (χ0n) is 16.8. The number of hydrogen-bond donors (Lipinski definition) is 0. The second kappa shape index (κ2) is 8.32. The molecule has 154 valence electrons. The third-order valence-corrected chi connectivity index (χ3v) is 5.60. The predicted molar refractivity (Wildman–Crippen MR) is 116 cm³/mol. The van der Waals surface area contributed by atoms with E-state index in [9.17, 15) is 9.59 Å². The Balaban J connectivity index is 1.65. The minimum Gasteiger partial charge on any atom is -0.351 e. The number of hydrogen-bond acceptors (Lipinski definition) is 4. The molecule has 7 heteroatoms. The molecule has 0 spiro atoms. The number of fused-ring (bicyclic) bond motifs is 1. The van der Waals surface area contributed by atoms with Gasteiger partial charge in [0.1, 0.15) is 0 Å². The molecule has 0 saturated carbocycles. The van der Waals surface area contributed by atoms with Crippen molar-refractivity contribution in [3.8, 4) is 0 Å². The fourth-order valence-electron chi connectivity index (χ4n) is 3.90. The number of carbonyl (C=O) groups excluding carboxylic acids is 2. The molecular weight excluding hydrogens is 402 g/mol. The Bertz CT molecular complexity index is 1080. The lowest BCUT2D eigenvalue weighted by Crippen LogP contribution is -2.42. The second-order valence-corrected chi connectivity index (χ2v) is 7.68. The molecule has 0 N–H and O–H groups in total. The highest BCUT2D eigenvalue weighted by molar-refractivity contribution is 6.30. The highest BCUT2D eigenvalue weighted by atomic mass is 35.5. The molecule has 3 aromatic rings. The Labute approximate surface area is 180 Å². The van der Waals surface area contributed by atoms with Crippen molar-refractivity contribution in [3.63, 3.8) is 0 Å². The van der Waals surface area contributed by atoms with Crippen LogP contribution in [0.3, 0.4) is 0 Å². The topological polar surface area (TPSA) is 66.7 Å². The Morgan fingerprint density at radius 1 is 1.20 bits per heavy atom. The van der Waals surface area contributed by atoms with Crippen molar-refractivity contribution in [2.24, 2.45) is 0 Å². The molecule has 2 aromatic carbocycles. The van der Waals surface area contributed by atoms with Crippen LogP contribution in [0.25, 0.3) is 0 Å². The number of amides is 2. The van der Waals surface area contributed by atoms with Crippen molar-refractivity contribution >= 4 is 34.8 Å². The van der Waals surface area contributed by atoms with E-state index in [1.807, 2.05) is 43.3 Å². The largest absolute Gasteiger partial charge is 0.351 e. The van der Waals surface area contributed by atoms with Gasteiger partial charge in [-0.25, -0.2) is 0 Å². The van der Waals surface area contributed by atoms with Crippen molar-refractivity contribution in [1.29, 1.82) is 0 Å². The number of halogens is 1. The van der Waals surface area contributed by atoms with Crippen molar-refractivity contribution in [2.75, 3.05) is 22.9 Å². The van der Waals surface area contributed by atoms with Gasteiger partial charge in [-0.2, -0.15) is 0 Å². The van der Waals surface area contributed by atoms with Crippen molar-refractivity contribution in [1.82, 2.24) is 5.16 Å². The molecule has 0 radical (unpaired) electrons. The zero-order valence-corrected chi connectivity index (χ0v) is 17.6. The third kappa shape index (κ3) is 3.71. The summed E-state index contributed by atoms with van der Waals surface area (Å²) < 4.78 is 5.16. The highest BCUT2D eigenvalue weighted by Crippen LogP contribution is 2.38. The van der Waals surface area contributed by atoms with Gasteiger partial charge in [0.2, 0.25) is 11.7 Å². The lowest BCUT2D eigenvalue weighted by atomic mass is 9.88. The summed E-state index contributed by atoms with van der Waals surface area (Å²) in [6.07, 6.45) is 0.527. The minimum absolute atomic E-state index is 0.00915. The molecular formula is C23H22ClN3O3. The summed E-state index contributed by atoms with van der Waals surface area (Å²) in [4.78, 5) is 29.9. The summed E-state index contributed by atoms with van der Waals surface area (Å²) in [6.45, 7) is 4.68. The van der Waals surface area contributed by atoms with Gasteiger partial charge in [0.25, 0.3) is 5.91 Å². The van der Waals surface area contributed by atoms with Gasteiger partial charge in [-0.3, -0.25) is 9.59 Å². The smallest absolute Gasteiger partial charge is 0.296 e. The first-order valence-electron chi connectivity index (χ1n) is 9.90. The third-order valence-electron chi connectivity index (χ3n) is 5.35. The van der Waals surface area contributed by atoms with E-state index in [4.69, 9.17) is 16.1 Å². The van der Waals surface area contributed by atoms with Gasteiger partial charge in [0, 0.05) is 35.6 Å². The second-order valence-electron chi connectivity index (χ2n) is 7.25. The SMILES string of the molecule is CCN(C(=O)[C@H]1CCN(C(=O)c2cc(C)no2)c2ccccc21)c1ccc(Cl)cc1. The number of aryl methyl sites for hydroxylation is 1. The van der Waals surface area contributed by atoms with E-state index < -0.39 is 0 Å². The standard InChI is InChI=1S/C23H22ClN3O3/c1-3-26(17-10-8-16(24)9-11-17)22(28)19-12-13-27(20-7-5-4-6-18(19)20)23(29)21-14-15(2)25-30-21/h4-11,14,19H,3,12-13H2,1-2H3/t19-/m0/s1. The summed E-state index contributed by atoms with van der Waals surface area (Å²) in [5, 5.41) is 4.44. The van der Waals surface area contributed by atoms with E-state index in [0.717, 1.165) is 16.9 Å². The molecule has 1 aromatic heterocycles. The van der Waals surface area contributed by atoms with Gasteiger partial charge in [0.15, 0.2) is 0 Å². The average molecular weight is 424 g/mol. The lowest BCUT2D eigenvalue weighted by molar-refractivity contribution is -0.120. The maximum Gasteiger partial charge on any atom is 0.296 e. The molecule has 2 amide bonds. The first-order valence-corrected chi connectivity index (χ1v) is 10.3. The van der Waals surface area contributed by atoms with Gasteiger partial charge in [-0.15, -0.1) is 0 Å².